The maximum atomic E-state index is 13.8. The molecule has 1 aromatic heterocycles. The summed E-state index contributed by atoms with van der Waals surface area (Å²) in [5.41, 5.74) is 1.76. The van der Waals surface area contributed by atoms with E-state index in [9.17, 15) is 8.78 Å². The SMILES string of the molecule is N#Cc1ccc(N2CCN(c3ccc(F)cc3F)CC2)cn1. The van der Waals surface area contributed by atoms with E-state index in [1.807, 2.05) is 17.0 Å². The Labute approximate surface area is 127 Å². The van der Waals surface area contributed by atoms with Crippen molar-refractivity contribution in [1.82, 2.24) is 4.98 Å². The zero-order valence-corrected chi connectivity index (χ0v) is 11.8. The van der Waals surface area contributed by atoms with Crippen molar-refractivity contribution >= 4 is 11.4 Å². The highest BCUT2D eigenvalue weighted by Crippen LogP contribution is 2.23. The van der Waals surface area contributed by atoms with Gasteiger partial charge in [-0.05, 0) is 24.3 Å². The van der Waals surface area contributed by atoms with Crippen molar-refractivity contribution in [1.29, 1.82) is 5.26 Å². The second-order valence-corrected chi connectivity index (χ2v) is 5.08. The molecule has 0 N–H and O–H groups in total. The zero-order chi connectivity index (χ0) is 15.5. The van der Waals surface area contributed by atoms with Crippen LogP contribution in [0.1, 0.15) is 5.69 Å². The van der Waals surface area contributed by atoms with Gasteiger partial charge in [0.1, 0.15) is 23.4 Å². The molecule has 1 aliphatic heterocycles. The number of hydrogen-bond donors (Lipinski definition) is 0. The average molecular weight is 300 g/mol. The second-order valence-electron chi connectivity index (χ2n) is 5.08. The van der Waals surface area contributed by atoms with Crippen LogP contribution in [-0.4, -0.2) is 31.2 Å². The van der Waals surface area contributed by atoms with Crippen LogP contribution in [0.5, 0.6) is 0 Å². The predicted molar refractivity (Wildman–Crippen MR) is 79.7 cm³/mol. The van der Waals surface area contributed by atoms with Gasteiger partial charge in [-0.15, -0.1) is 0 Å². The summed E-state index contributed by atoms with van der Waals surface area (Å²) in [4.78, 5) is 8.09. The van der Waals surface area contributed by atoms with Crippen LogP contribution in [0.3, 0.4) is 0 Å². The van der Waals surface area contributed by atoms with Crippen LogP contribution < -0.4 is 9.80 Å². The molecule has 2 aromatic rings. The lowest BCUT2D eigenvalue weighted by Crippen LogP contribution is -2.46. The van der Waals surface area contributed by atoms with Crippen molar-refractivity contribution in [3.63, 3.8) is 0 Å². The Bertz CT molecular complexity index is 701. The number of pyridine rings is 1. The average Bonchev–Trinajstić information content (AvgIpc) is 2.55. The highest BCUT2D eigenvalue weighted by atomic mass is 19.1. The number of anilines is 2. The number of rotatable bonds is 2. The van der Waals surface area contributed by atoms with Crippen LogP contribution in [0, 0.1) is 23.0 Å². The first-order chi connectivity index (χ1) is 10.7. The van der Waals surface area contributed by atoms with Gasteiger partial charge in [0.25, 0.3) is 0 Å². The van der Waals surface area contributed by atoms with Gasteiger partial charge in [-0.25, -0.2) is 13.8 Å². The van der Waals surface area contributed by atoms with E-state index in [4.69, 9.17) is 5.26 Å². The molecule has 1 aliphatic rings. The molecular weight excluding hydrogens is 286 g/mol. The number of hydrogen-bond acceptors (Lipinski definition) is 4. The molecule has 112 valence electrons. The molecule has 6 heteroatoms. The van der Waals surface area contributed by atoms with Gasteiger partial charge in [-0.3, -0.25) is 0 Å². The third-order valence-electron chi connectivity index (χ3n) is 3.76. The van der Waals surface area contributed by atoms with Crippen molar-refractivity contribution in [3.05, 3.63) is 53.9 Å². The normalized spacial score (nSPS) is 14.8. The van der Waals surface area contributed by atoms with Gasteiger partial charge in [-0.1, -0.05) is 0 Å². The van der Waals surface area contributed by atoms with Crippen LogP contribution in [0.4, 0.5) is 20.2 Å². The third kappa shape index (κ3) is 2.84. The van der Waals surface area contributed by atoms with Crippen molar-refractivity contribution in [2.75, 3.05) is 36.0 Å². The van der Waals surface area contributed by atoms with Crippen LogP contribution in [0.25, 0.3) is 0 Å². The van der Waals surface area contributed by atoms with Crippen molar-refractivity contribution in [3.8, 4) is 6.07 Å². The molecule has 1 aromatic carbocycles. The Morgan fingerprint density at radius 3 is 2.32 bits per heavy atom. The number of halogens is 2. The molecule has 0 unspecified atom stereocenters. The summed E-state index contributed by atoms with van der Waals surface area (Å²) < 4.78 is 26.8. The van der Waals surface area contributed by atoms with Gasteiger partial charge >= 0.3 is 0 Å². The smallest absolute Gasteiger partial charge is 0.149 e. The van der Waals surface area contributed by atoms with E-state index in [0.29, 0.717) is 37.6 Å². The van der Waals surface area contributed by atoms with E-state index < -0.39 is 11.6 Å². The summed E-state index contributed by atoms with van der Waals surface area (Å²) >= 11 is 0. The molecule has 0 amide bonds. The Kier molecular flexibility index (Phi) is 3.88. The van der Waals surface area contributed by atoms with Crippen molar-refractivity contribution in [2.24, 2.45) is 0 Å². The van der Waals surface area contributed by atoms with Gasteiger partial charge < -0.3 is 9.80 Å². The quantitative estimate of drug-likeness (QED) is 0.855. The molecule has 2 heterocycles. The molecule has 0 saturated carbocycles. The Balaban J connectivity index is 1.68. The highest BCUT2D eigenvalue weighted by Gasteiger charge is 2.20. The highest BCUT2D eigenvalue weighted by molar-refractivity contribution is 5.52. The van der Waals surface area contributed by atoms with Gasteiger partial charge in [-0.2, -0.15) is 5.26 Å². The molecule has 22 heavy (non-hydrogen) atoms. The van der Waals surface area contributed by atoms with E-state index in [1.165, 1.54) is 12.1 Å². The molecule has 0 aliphatic carbocycles. The van der Waals surface area contributed by atoms with Crippen LogP contribution in [-0.2, 0) is 0 Å². The standard InChI is InChI=1S/C16H14F2N4/c17-12-1-4-16(15(18)9-12)22-7-5-21(6-8-22)14-3-2-13(10-19)20-11-14/h1-4,9,11H,5-8H2. The van der Waals surface area contributed by atoms with E-state index in [-0.39, 0.29) is 0 Å². The topological polar surface area (TPSA) is 43.2 Å². The van der Waals surface area contributed by atoms with Crippen molar-refractivity contribution in [2.45, 2.75) is 0 Å². The maximum Gasteiger partial charge on any atom is 0.149 e. The molecule has 0 spiro atoms. The lowest BCUT2D eigenvalue weighted by molar-refractivity contribution is 0.570. The van der Waals surface area contributed by atoms with Gasteiger partial charge in [0.2, 0.25) is 0 Å². The van der Waals surface area contributed by atoms with Crippen molar-refractivity contribution < 1.29 is 8.78 Å². The number of piperazine rings is 1. The summed E-state index contributed by atoms with van der Waals surface area (Å²) in [6.07, 6.45) is 1.67. The first kappa shape index (κ1) is 14.3. The first-order valence-corrected chi connectivity index (χ1v) is 6.98. The third-order valence-corrected chi connectivity index (χ3v) is 3.76. The zero-order valence-electron chi connectivity index (χ0n) is 11.8. The van der Waals surface area contributed by atoms with Gasteiger partial charge in [0.05, 0.1) is 17.6 Å². The van der Waals surface area contributed by atoms with E-state index in [1.54, 1.807) is 12.3 Å². The maximum absolute atomic E-state index is 13.8. The fourth-order valence-electron chi connectivity index (χ4n) is 2.58. The van der Waals surface area contributed by atoms with E-state index in [2.05, 4.69) is 9.88 Å². The molecule has 0 bridgehead atoms. The molecule has 0 atom stereocenters. The monoisotopic (exact) mass is 300 g/mol. The minimum atomic E-state index is -0.566. The summed E-state index contributed by atoms with van der Waals surface area (Å²) in [6.45, 7) is 2.71. The molecule has 0 radical (unpaired) electrons. The minimum absolute atomic E-state index is 0.385. The van der Waals surface area contributed by atoms with Crippen LogP contribution in [0.15, 0.2) is 36.5 Å². The molecule has 3 rings (SSSR count). The Morgan fingerprint density at radius 2 is 1.73 bits per heavy atom. The Hall–Kier alpha value is -2.68. The molecule has 1 saturated heterocycles. The fraction of sp³-hybridized carbons (Fsp3) is 0.250. The predicted octanol–water partition coefficient (Wildman–Crippen LogP) is 2.56. The van der Waals surface area contributed by atoms with Crippen LogP contribution in [0.2, 0.25) is 0 Å². The van der Waals surface area contributed by atoms with E-state index in [0.717, 1.165) is 11.8 Å². The summed E-state index contributed by atoms with van der Waals surface area (Å²) in [7, 11) is 0. The van der Waals surface area contributed by atoms with Crippen LogP contribution >= 0.6 is 0 Å². The largest absolute Gasteiger partial charge is 0.367 e. The number of nitrogens with zero attached hydrogens (tertiary/aromatic N) is 4. The van der Waals surface area contributed by atoms with Gasteiger partial charge in [0, 0.05) is 32.2 Å². The lowest BCUT2D eigenvalue weighted by Gasteiger charge is -2.37. The minimum Gasteiger partial charge on any atom is -0.367 e. The number of aromatic nitrogens is 1. The lowest BCUT2D eigenvalue weighted by atomic mass is 10.2. The Morgan fingerprint density at radius 1 is 1.00 bits per heavy atom. The molecule has 4 nitrogen and oxygen atoms in total. The van der Waals surface area contributed by atoms with E-state index >= 15 is 0 Å². The molecular formula is C16H14F2N4. The number of nitriles is 1. The number of benzene rings is 1. The first-order valence-electron chi connectivity index (χ1n) is 6.98. The summed E-state index contributed by atoms with van der Waals surface area (Å²) in [5.74, 6) is -1.10. The van der Waals surface area contributed by atoms with Gasteiger partial charge in [0.15, 0.2) is 0 Å². The summed E-state index contributed by atoms with van der Waals surface area (Å²) in [5, 5.41) is 8.75. The second kappa shape index (κ2) is 5.98. The molecule has 1 fully saturated rings. The summed E-state index contributed by atoms with van der Waals surface area (Å²) in [6, 6.07) is 9.19. The fourth-order valence-corrected chi connectivity index (χ4v) is 2.58.